The number of aromatic amines is 1. The Bertz CT molecular complexity index is 1160. The maximum atomic E-state index is 12.7. The molecule has 4 rings (SSSR count). The van der Waals surface area contributed by atoms with Gasteiger partial charge in [-0.15, -0.1) is 0 Å². The normalized spacial score (nSPS) is 16.2. The fourth-order valence-electron chi connectivity index (χ4n) is 3.47. The number of aromatic nitrogens is 3. The molecule has 162 valence electrons. The molecule has 31 heavy (non-hydrogen) atoms. The summed E-state index contributed by atoms with van der Waals surface area (Å²) in [5.74, 6) is 1.65. The van der Waals surface area contributed by atoms with Crippen LogP contribution in [-0.2, 0) is 22.8 Å². The maximum absolute atomic E-state index is 12.7. The second-order valence-electron chi connectivity index (χ2n) is 7.62. The predicted octanol–water partition coefficient (Wildman–Crippen LogP) is 2.52. The molecule has 1 saturated heterocycles. The third kappa shape index (κ3) is 5.36. The third-order valence-corrected chi connectivity index (χ3v) is 6.91. The van der Waals surface area contributed by atoms with E-state index in [2.05, 4.69) is 25.4 Å². The summed E-state index contributed by atoms with van der Waals surface area (Å²) in [7, 11) is -2.90. The van der Waals surface area contributed by atoms with Crippen LogP contribution < -0.4 is 5.32 Å². The molecule has 1 aliphatic heterocycles. The van der Waals surface area contributed by atoms with Crippen LogP contribution in [0.15, 0.2) is 48.5 Å². The van der Waals surface area contributed by atoms with E-state index in [1.54, 1.807) is 6.07 Å². The molecule has 0 atom stereocenters. The van der Waals surface area contributed by atoms with Crippen LogP contribution in [0, 0.1) is 0 Å². The van der Waals surface area contributed by atoms with Gasteiger partial charge in [0.15, 0.2) is 15.7 Å². The predicted molar refractivity (Wildman–Crippen MR) is 120 cm³/mol. The number of rotatable bonds is 6. The van der Waals surface area contributed by atoms with Gasteiger partial charge in [-0.05, 0) is 42.0 Å². The summed E-state index contributed by atoms with van der Waals surface area (Å²) in [4.78, 5) is 19.2. The van der Waals surface area contributed by atoms with Crippen LogP contribution in [0.2, 0.25) is 0 Å². The molecule has 1 aliphatic rings. The van der Waals surface area contributed by atoms with Crippen molar-refractivity contribution in [3.05, 3.63) is 65.5 Å². The number of benzene rings is 2. The first-order valence-corrected chi connectivity index (χ1v) is 12.1. The van der Waals surface area contributed by atoms with E-state index in [4.69, 9.17) is 0 Å². The minimum Gasteiger partial charge on any atom is -0.322 e. The molecule has 0 bridgehead atoms. The van der Waals surface area contributed by atoms with Crippen molar-refractivity contribution < 1.29 is 13.2 Å². The van der Waals surface area contributed by atoms with Crippen molar-refractivity contribution in [2.75, 3.05) is 29.9 Å². The van der Waals surface area contributed by atoms with Gasteiger partial charge in [-0.2, -0.15) is 5.10 Å². The second-order valence-corrected chi connectivity index (χ2v) is 9.92. The van der Waals surface area contributed by atoms with Crippen LogP contribution in [0.5, 0.6) is 0 Å². The number of nitrogens with one attached hydrogen (secondary N) is 2. The Balaban J connectivity index is 1.39. The van der Waals surface area contributed by atoms with Gasteiger partial charge in [0.05, 0.1) is 11.5 Å². The van der Waals surface area contributed by atoms with E-state index in [0.29, 0.717) is 36.7 Å². The number of carbonyl (C=O) groups is 1. The van der Waals surface area contributed by atoms with Crippen molar-refractivity contribution in [2.45, 2.75) is 19.9 Å². The van der Waals surface area contributed by atoms with Crippen molar-refractivity contribution in [1.82, 2.24) is 20.1 Å². The zero-order chi connectivity index (χ0) is 21.8. The van der Waals surface area contributed by atoms with Crippen LogP contribution in [0.4, 0.5) is 5.69 Å². The number of hydrogen-bond donors (Lipinski definition) is 2. The number of aryl methyl sites for hydroxylation is 1. The number of nitrogens with zero attached hydrogens (tertiary/aromatic N) is 3. The van der Waals surface area contributed by atoms with Crippen molar-refractivity contribution in [3.63, 3.8) is 0 Å². The summed E-state index contributed by atoms with van der Waals surface area (Å²) < 4.78 is 23.2. The Kier molecular flexibility index (Phi) is 6.15. The Morgan fingerprint density at radius 3 is 2.55 bits per heavy atom. The molecular weight excluding hydrogens is 414 g/mol. The van der Waals surface area contributed by atoms with Gasteiger partial charge in [0.25, 0.3) is 5.91 Å². The summed E-state index contributed by atoms with van der Waals surface area (Å²) in [6.07, 6.45) is 0.789. The number of hydrogen-bond acceptors (Lipinski definition) is 6. The van der Waals surface area contributed by atoms with Crippen molar-refractivity contribution in [1.29, 1.82) is 0 Å². The summed E-state index contributed by atoms with van der Waals surface area (Å²) in [6, 6.07) is 14.8. The highest BCUT2D eigenvalue weighted by atomic mass is 32.2. The lowest BCUT2D eigenvalue weighted by molar-refractivity contribution is 0.102. The monoisotopic (exact) mass is 439 g/mol. The first kappa shape index (κ1) is 21.2. The Hall–Kier alpha value is -3.04. The number of carbonyl (C=O) groups excluding carboxylic acids is 1. The van der Waals surface area contributed by atoms with E-state index in [1.807, 2.05) is 49.4 Å². The fraction of sp³-hybridized carbons (Fsp3) is 0.318. The van der Waals surface area contributed by atoms with Crippen LogP contribution in [0.1, 0.15) is 28.7 Å². The number of sulfone groups is 1. The average molecular weight is 440 g/mol. The topological polar surface area (TPSA) is 108 Å². The van der Waals surface area contributed by atoms with Crippen molar-refractivity contribution >= 4 is 21.4 Å². The molecule has 3 aromatic rings. The molecule has 1 fully saturated rings. The lowest BCUT2D eigenvalue weighted by Gasteiger charge is -2.26. The van der Waals surface area contributed by atoms with Gasteiger partial charge in [0, 0.05) is 42.9 Å². The minimum absolute atomic E-state index is 0.191. The largest absolute Gasteiger partial charge is 0.322 e. The van der Waals surface area contributed by atoms with E-state index >= 15 is 0 Å². The maximum Gasteiger partial charge on any atom is 0.255 e. The lowest BCUT2D eigenvalue weighted by atomic mass is 10.1. The van der Waals surface area contributed by atoms with Crippen LogP contribution in [0.25, 0.3) is 11.4 Å². The third-order valence-electron chi connectivity index (χ3n) is 5.30. The molecule has 8 nitrogen and oxygen atoms in total. The molecule has 9 heteroatoms. The van der Waals surface area contributed by atoms with Crippen LogP contribution in [0.3, 0.4) is 0 Å². The van der Waals surface area contributed by atoms with Crippen molar-refractivity contribution in [3.8, 4) is 11.4 Å². The highest BCUT2D eigenvalue weighted by Crippen LogP contribution is 2.19. The highest BCUT2D eigenvalue weighted by Gasteiger charge is 2.21. The zero-order valence-electron chi connectivity index (χ0n) is 17.3. The smallest absolute Gasteiger partial charge is 0.255 e. The molecule has 2 aromatic carbocycles. The summed E-state index contributed by atoms with van der Waals surface area (Å²) in [5, 5.41) is 10.0. The quantitative estimate of drug-likeness (QED) is 0.611. The Morgan fingerprint density at radius 1 is 1.13 bits per heavy atom. The van der Waals surface area contributed by atoms with Gasteiger partial charge in [0.2, 0.25) is 0 Å². The van der Waals surface area contributed by atoms with Gasteiger partial charge in [-0.25, -0.2) is 13.4 Å². The standard InChI is InChI=1S/C22H25N5O3S/c1-2-20-24-21(26-25-20)17-6-8-19(9-7-17)23-22(28)18-5-3-4-16(14-18)15-27-10-12-31(29,30)13-11-27/h3-9,14H,2,10-13,15H2,1H3,(H,23,28)(H,24,25,26). The highest BCUT2D eigenvalue weighted by molar-refractivity contribution is 7.91. The number of amides is 1. The minimum atomic E-state index is -2.90. The van der Waals surface area contributed by atoms with Gasteiger partial charge >= 0.3 is 0 Å². The van der Waals surface area contributed by atoms with Gasteiger partial charge in [-0.1, -0.05) is 19.1 Å². The summed E-state index contributed by atoms with van der Waals surface area (Å²) in [5.41, 5.74) is 3.11. The van der Waals surface area contributed by atoms with Crippen molar-refractivity contribution in [2.24, 2.45) is 0 Å². The molecule has 0 aliphatic carbocycles. The summed E-state index contributed by atoms with van der Waals surface area (Å²) >= 11 is 0. The molecule has 0 saturated carbocycles. The van der Waals surface area contributed by atoms with E-state index < -0.39 is 9.84 Å². The van der Waals surface area contributed by atoms with E-state index in [1.165, 1.54) is 0 Å². The first-order valence-electron chi connectivity index (χ1n) is 10.3. The zero-order valence-corrected chi connectivity index (χ0v) is 18.2. The molecule has 2 N–H and O–H groups in total. The van der Waals surface area contributed by atoms with E-state index in [-0.39, 0.29) is 17.4 Å². The van der Waals surface area contributed by atoms with Gasteiger partial charge < -0.3 is 5.32 Å². The van der Waals surface area contributed by atoms with Crippen LogP contribution in [-0.4, -0.2) is 59.0 Å². The SMILES string of the molecule is CCc1nc(-c2ccc(NC(=O)c3cccc(CN4CCS(=O)(=O)CC4)c3)cc2)n[nH]1. The second kappa shape index (κ2) is 8.99. The molecule has 2 heterocycles. The molecule has 0 radical (unpaired) electrons. The van der Waals surface area contributed by atoms with Crippen LogP contribution >= 0.6 is 0 Å². The Labute approximate surface area is 181 Å². The van der Waals surface area contributed by atoms with Gasteiger partial charge in [-0.3, -0.25) is 14.8 Å². The average Bonchev–Trinajstić information content (AvgIpc) is 3.25. The van der Waals surface area contributed by atoms with E-state index in [9.17, 15) is 13.2 Å². The number of H-pyrrole nitrogens is 1. The summed E-state index contributed by atoms with van der Waals surface area (Å²) in [6.45, 7) is 3.68. The Morgan fingerprint density at radius 2 is 1.87 bits per heavy atom. The molecule has 1 amide bonds. The molecule has 1 aromatic heterocycles. The van der Waals surface area contributed by atoms with Gasteiger partial charge in [0.1, 0.15) is 5.82 Å². The first-order chi connectivity index (χ1) is 14.9. The fourth-order valence-corrected chi connectivity index (χ4v) is 4.74. The lowest BCUT2D eigenvalue weighted by Crippen LogP contribution is -2.39. The van der Waals surface area contributed by atoms with E-state index in [0.717, 1.165) is 23.4 Å². The number of anilines is 1. The molecule has 0 unspecified atom stereocenters. The molecule has 0 spiro atoms. The molecular formula is C22H25N5O3S.